The molecule has 1 atom stereocenters. The predicted octanol–water partition coefficient (Wildman–Crippen LogP) is 1.35. The van der Waals surface area contributed by atoms with Crippen LogP contribution < -0.4 is 10.1 Å². The molecule has 1 N–H and O–H groups in total. The average molecular weight is 238 g/mol. The normalized spacial score (nSPS) is 18.1. The first kappa shape index (κ1) is 11.9. The fourth-order valence-corrected chi connectivity index (χ4v) is 1.64. The Morgan fingerprint density at radius 2 is 2.47 bits per heavy atom. The third-order valence-corrected chi connectivity index (χ3v) is 2.56. The van der Waals surface area contributed by atoms with E-state index in [-0.39, 0.29) is 17.6 Å². The van der Waals surface area contributed by atoms with Crippen LogP contribution in [0.25, 0.3) is 0 Å². The third-order valence-electron chi connectivity index (χ3n) is 2.56. The summed E-state index contributed by atoms with van der Waals surface area (Å²) in [5.74, 6) is -0.0726. The molecule has 0 aliphatic carbocycles. The van der Waals surface area contributed by atoms with Gasteiger partial charge in [-0.15, -0.1) is 0 Å². The van der Waals surface area contributed by atoms with Crippen molar-refractivity contribution in [2.45, 2.75) is 12.6 Å². The van der Waals surface area contributed by atoms with Crippen molar-refractivity contribution < 1.29 is 13.9 Å². The zero-order chi connectivity index (χ0) is 12.1. The molecule has 0 saturated heterocycles. The molecule has 0 amide bonds. The minimum Gasteiger partial charge on any atom is -0.494 e. The first-order valence-corrected chi connectivity index (χ1v) is 5.46. The zero-order valence-electron chi connectivity index (χ0n) is 9.65. The number of ether oxygens (including phenoxy) is 2. The third kappa shape index (κ3) is 3.17. The van der Waals surface area contributed by atoms with E-state index in [4.69, 9.17) is 9.47 Å². The second-order valence-electron chi connectivity index (χ2n) is 3.84. The van der Waals surface area contributed by atoms with Crippen LogP contribution in [0, 0.1) is 5.82 Å². The Kier molecular flexibility index (Phi) is 3.93. The minimum absolute atomic E-state index is 0.178. The van der Waals surface area contributed by atoms with Crippen LogP contribution in [0.4, 0.5) is 4.39 Å². The molecule has 17 heavy (non-hydrogen) atoms. The molecule has 1 aromatic carbocycles. The summed E-state index contributed by atoms with van der Waals surface area (Å²) >= 11 is 0. The second kappa shape index (κ2) is 5.63. The Labute approximate surface area is 99.5 Å². The summed E-state index contributed by atoms with van der Waals surface area (Å²) in [6.45, 7) is 2.03. The molecule has 2 rings (SSSR count). The van der Waals surface area contributed by atoms with Crippen LogP contribution in [0.2, 0.25) is 0 Å². The van der Waals surface area contributed by atoms with E-state index in [2.05, 4.69) is 10.3 Å². The van der Waals surface area contributed by atoms with E-state index in [0.717, 1.165) is 12.1 Å². The van der Waals surface area contributed by atoms with Crippen molar-refractivity contribution in [1.82, 2.24) is 5.32 Å². The highest BCUT2D eigenvalue weighted by Crippen LogP contribution is 2.17. The maximum absolute atomic E-state index is 13.2. The quantitative estimate of drug-likeness (QED) is 0.842. The highest BCUT2D eigenvalue weighted by molar-refractivity contribution is 5.48. The van der Waals surface area contributed by atoms with Gasteiger partial charge in [0, 0.05) is 13.1 Å². The molecule has 92 valence electrons. The van der Waals surface area contributed by atoms with Gasteiger partial charge in [0.25, 0.3) is 0 Å². The number of benzene rings is 1. The van der Waals surface area contributed by atoms with Gasteiger partial charge in [-0.1, -0.05) is 6.07 Å². The lowest BCUT2D eigenvalue weighted by molar-refractivity contribution is 0.323. The predicted molar refractivity (Wildman–Crippen MR) is 62.9 cm³/mol. The molecule has 5 heteroatoms. The molecule has 0 spiro atoms. The second-order valence-corrected chi connectivity index (χ2v) is 3.84. The number of nitrogens with one attached hydrogen (secondary N) is 1. The van der Waals surface area contributed by atoms with Crippen molar-refractivity contribution >= 4 is 6.40 Å². The number of methoxy groups -OCH3 is 1. The monoisotopic (exact) mass is 238 g/mol. The Morgan fingerprint density at radius 3 is 3.18 bits per heavy atom. The highest BCUT2D eigenvalue weighted by atomic mass is 19.1. The summed E-state index contributed by atoms with van der Waals surface area (Å²) in [5, 5.41) is 3.24. The van der Waals surface area contributed by atoms with Crippen molar-refractivity contribution in [3.8, 4) is 5.75 Å². The van der Waals surface area contributed by atoms with Crippen LogP contribution in [0.15, 0.2) is 23.2 Å². The lowest BCUT2D eigenvalue weighted by Gasteiger charge is -2.09. The standard InChI is InChI=1S/C12H15FN2O2/c1-16-12-4-9(2-3-11(12)13)5-14-6-10-7-17-8-15-10/h2-4,8,10,14H,5-7H2,1H3. The summed E-state index contributed by atoms with van der Waals surface area (Å²) in [6.07, 6.45) is 1.48. The van der Waals surface area contributed by atoms with E-state index in [9.17, 15) is 4.39 Å². The molecule has 1 aliphatic rings. The van der Waals surface area contributed by atoms with Gasteiger partial charge in [0.15, 0.2) is 18.0 Å². The molecule has 4 nitrogen and oxygen atoms in total. The Balaban J connectivity index is 1.83. The summed E-state index contributed by atoms with van der Waals surface area (Å²) in [4.78, 5) is 4.12. The number of aliphatic imine (C=N–C) groups is 1. The molecular weight excluding hydrogens is 223 g/mol. The van der Waals surface area contributed by atoms with E-state index in [1.54, 1.807) is 12.1 Å². The van der Waals surface area contributed by atoms with E-state index >= 15 is 0 Å². The number of hydrogen-bond donors (Lipinski definition) is 1. The summed E-state index contributed by atoms with van der Waals surface area (Å²) in [6, 6.07) is 5.01. The van der Waals surface area contributed by atoms with Gasteiger partial charge < -0.3 is 14.8 Å². The first-order valence-electron chi connectivity index (χ1n) is 5.46. The Hall–Kier alpha value is -1.62. The lowest BCUT2D eigenvalue weighted by Crippen LogP contribution is -2.26. The minimum atomic E-state index is -0.343. The van der Waals surface area contributed by atoms with E-state index in [1.165, 1.54) is 19.6 Å². The zero-order valence-corrected chi connectivity index (χ0v) is 9.65. The largest absolute Gasteiger partial charge is 0.494 e. The van der Waals surface area contributed by atoms with Crippen molar-refractivity contribution in [2.24, 2.45) is 4.99 Å². The molecular formula is C12H15FN2O2. The van der Waals surface area contributed by atoms with Gasteiger partial charge in [0.1, 0.15) is 6.61 Å². The molecule has 1 heterocycles. The van der Waals surface area contributed by atoms with Crippen LogP contribution in [-0.2, 0) is 11.3 Å². The van der Waals surface area contributed by atoms with Crippen LogP contribution in [-0.4, -0.2) is 32.7 Å². The van der Waals surface area contributed by atoms with E-state index < -0.39 is 0 Å². The summed E-state index contributed by atoms with van der Waals surface area (Å²) in [7, 11) is 1.46. The van der Waals surface area contributed by atoms with Crippen molar-refractivity contribution in [3.05, 3.63) is 29.6 Å². The van der Waals surface area contributed by atoms with Gasteiger partial charge in [-0.3, -0.25) is 4.99 Å². The fraction of sp³-hybridized carbons (Fsp3) is 0.417. The smallest absolute Gasteiger partial charge is 0.169 e. The van der Waals surface area contributed by atoms with Crippen molar-refractivity contribution in [3.63, 3.8) is 0 Å². The molecule has 1 aromatic rings. The maximum atomic E-state index is 13.2. The number of hydrogen-bond acceptors (Lipinski definition) is 4. The van der Waals surface area contributed by atoms with Crippen molar-refractivity contribution in [2.75, 3.05) is 20.3 Å². The SMILES string of the molecule is COc1cc(CNCC2COC=N2)ccc1F. The highest BCUT2D eigenvalue weighted by Gasteiger charge is 2.10. The van der Waals surface area contributed by atoms with Gasteiger partial charge in [-0.05, 0) is 17.7 Å². The fourth-order valence-electron chi connectivity index (χ4n) is 1.64. The average Bonchev–Trinajstić information content (AvgIpc) is 2.84. The summed E-state index contributed by atoms with van der Waals surface area (Å²) < 4.78 is 23.1. The number of halogens is 1. The maximum Gasteiger partial charge on any atom is 0.169 e. The molecule has 0 radical (unpaired) electrons. The molecule has 1 aliphatic heterocycles. The topological polar surface area (TPSA) is 42.8 Å². The van der Waals surface area contributed by atoms with Crippen molar-refractivity contribution in [1.29, 1.82) is 0 Å². The van der Waals surface area contributed by atoms with Gasteiger partial charge in [-0.2, -0.15) is 0 Å². The summed E-state index contributed by atoms with van der Waals surface area (Å²) in [5.41, 5.74) is 0.978. The first-order chi connectivity index (χ1) is 8.29. The Morgan fingerprint density at radius 1 is 1.59 bits per heavy atom. The molecule has 1 unspecified atom stereocenters. The van der Waals surface area contributed by atoms with Gasteiger partial charge in [0.05, 0.1) is 13.2 Å². The lowest BCUT2D eigenvalue weighted by atomic mass is 10.2. The molecule has 0 saturated carbocycles. The van der Waals surface area contributed by atoms with Crippen LogP contribution >= 0.6 is 0 Å². The van der Waals surface area contributed by atoms with Gasteiger partial charge in [-0.25, -0.2) is 4.39 Å². The van der Waals surface area contributed by atoms with Gasteiger partial charge in [0.2, 0.25) is 0 Å². The van der Waals surface area contributed by atoms with Crippen LogP contribution in [0.1, 0.15) is 5.56 Å². The Bertz CT molecular complexity index is 409. The number of rotatable bonds is 5. The number of nitrogens with zero attached hydrogens (tertiary/aromatic N) is 1. The van der Waals surface area contributed by atoms with Crippen LogP contribution in [0.5, 0.6) is 5.75 Å². The van der Waals surface area contributed by atoms with Gasteiger partial charge >= 0.3 is 0 Å². The molecule has 0 bridgehead atoms. The molecule has 0 aromatic heterocycles. The van der Waals surface area contributed by atoms with E-state index in [0.29, 0.717) is 13.2 Å². The molecule has 0 fully saturated rings. The van der Waals surface area contributed by atoms with Crippen LogP contribution in [0.3, 0.4) is 0 Å². The van der Waals surface area contributed by atoms with E-state index in [1.807, 2.05) is 0 Å².